The minimum absolute atomic E-state index is 0.129. The zero-order chi connectivity index (χ0) is 22.7. The summed E-state index contributed by atoms with van der Waals surface area (Å²) in [6.07, 6.45) is -1.88. The number of benzene rings is 1. The lowest BCUT2D eigenvalue weighted by Crippen LogP contribution is -2.60. The summed E-state index contributed by atoms with van der Waals surface area (Å²) in [5, 5.41) is 24.7. The Morgan fingerprint density at radius 1 is 1.45 bits per heavy atom. The van der Waals surface area contributed by atoms with E-state index >= 15 is 0 Å². The van der Waals surface area contributed by atoms with E-state index in [9.17, 15) is 20.0 Å². The number of carbonyl (C=O) groups is 1. The zero-order valence-electron chi connectivity index (χ0n) is 17.7. The van der Waals surface area contributed by atoms with Gasteiger partial charge in [-0.2, -0.15) is 0 Å². The van der Waals surface area contributed by atoms with Crippen LogP contribution >= 0.6 is 0 Å². The first kappa shape index (κ1) is 22.3. The summed E-state index contributed by atoms with van der Waals surface area (Å²) in [5.74, 6) is 0.524. The minimum Gasteiger partial charge on any atom is -0.465 e. The number of hydrogen-bond acceptors (Lipinski definition) is 9. The second-order valence-corrected chi connectivity index (χ2v) is 7.41. The highest BCUT2D eigenvalue weighted by atomic mass is 16.6. The van der Waals surface area contributed by atoms with Crippen LogP contribution in [0.5, 0.6) is 5.75 Å². The van der Waals surface area contributed by atoms with Gasteiger partial charge in [-0.25, -0.2) is 9.69 Å². The van der Waals surface area contributed by atoms with Crippen LogP contribution in [0.1, 0.15) is 18.9 Å². The Labute approximate surface area is 179 Å². The molecule has 168 valence electrons. The van der Waals surface area contributed by atoms with Gasteiger partial charge in [0.25, 0.3) is 5.88 Å². The maximum Gasteiger partial charge on any atom is 0.416 e. The molecule has 1 aromatic rings. The molecule has 12 nitrogen and oxygen atoms in total. The Morgan fingerprint density at radius 2 is 2.19 bits per heavy atom. The van der Waals surface area contributed by atoms with Crippen molar-refractivity contribution in [2.24, 2.45) is 10.7 Å². The predicted octanol–water partition coefficient (Wildman–Crippen LogP) is 0.875. The summed E-state index contributed by atoms with van der Waals surface area (Å²) < 4.78 is 5.86. The van der Waals surface area contributed by atoms with Gasteiger partial charge in [0, 0.05) is 44.5 Å². The van der Waals surface area contributed by atoms with Crippen molar-refractivity contribution >= 4 is 17.6 Å². The van der Waals surface area contributed by atoms with Gasteiger partial charge in [-0.05, 0) is 18.6 Å². The predicted molar refractivity (Wildman–Crippen MR) is 115 cm³/mol. The topological polar surface area (TPSA) is 150 Å². The number of anilines is 1. The molecule has 1 unspecified atom stereocenters. The zero-order valence-corrected chi connectivity index (χ0v) is 17.7. The van der Waals surface area contributed by atoms with Crippen molar-refractivity contribution < 1.29 is 19.6 Å². The molecule has 0 radical (unpaired) electrons. The quantitative estimate of drug-likeness (QED) is 0.420. The highest BCUT2D eigenvalue weighted by molar-refractivity contribution is 6.00. The number of nitro groups is 1. The molecular formula is C19H27N7O5. The second kappa shape index (κ2) is 9.18. The van der Waals surface area contributed by atoms with E-state index in [4.69, 9.17) is 10.5 Å². The second-order valence-electron chi connectivity index (χ2n) is 7.41. The van der Waals surface area contributed by atoms with Gasteiger partial charge in [-0.1, -0.05) is 6.92 Å². The van der Waals surface area contributed by atoms with Gasteiger partial charge in [0.2, 0.25) is 0 Å². The van der Waals surface area contributed by atoms with Crippen molar-refractivity contribution in [2.45, 2.75) is 19.6 Å². The molecule has 4 N–H and O–H groups in total. The lowest BCUT2D eigenvalue weighted by molar-refractivity contribution is -0.435. The van der Waals surface area contributed by atoms with Crippen LogP contribution in [0.15, 0.2) is 34.8 Å². The Hall–Kier alpha value is -3.38. The molecule has 1 amide bonds. The number of ether oxygens (including phenoxy) is 1. The largest absolute Gasteiger partial charge is 0.465 e. The molecule has 0 saturated carbocycles. The number of amides is 1. The molecule has 1 aromatic carbocycles. The third-order valence-electron chi connectivity index (χ3n) is 4.96. The van der Waals surface area contributed by atoms with Crippen molar-refractivity contribution in [3.63, 3.8) is 0 Å². The van der Waals surface area contributed by atoms with E-state index in [1.54, 1.807) is 12.1 Å². The van der Waals surface area contributed by atoms with Crippen molar-refractivity contribution in [3.05, 3.63) is 45.5 Å². The van der Waals surface area contributed by atoms with Crippen LogP contribution in [0.4, 0.5) is 10.5 Å². The van der Waals surface area contributed by atoms with Crippen LogP contribution in [0.3, 0.4) is 0 Å². The van der Waals surface area contributed by atoms with E-state index in [0.29, 0.717) is 36.8 Å². The average molecular weight is 433 g/mol. The lowest BCUT2D eigenvalue weighted by Gasteiger charge is -2.38. The molecular weight excluding hydrogens is 406 g/mol. The van der Waals surface area contributed by atoms with Crippen molar-refractivity contribution in [3.8, 4) is 5.75 Å². The molecule has 0 aliphatic carbocycles. The van der Waals surface area contributed by atoms with E-state index < -0.39 is 23.2 Å². The highest BCUT2D eigenvalue weighted by Gasteiger charge is 2.42. The molecule has 3 rings (SSSR count). The molecule has 0 saturated heterocycles. The van der Waals surface area contributed by atoms with Gasteiger partial charge < -0.3 is 20.1 Å². The normalized spacial score (nSPS) is 19.2. The number of carboxylic acid groups (broad SMARTS) is 1. The van der Waals surface area contributed by atoms with Crippen LogP contribution in [-0.2, 0) is 0 Å². The van der Waals surface area contributed by atoms with Gasteiger partial charge in [0.15, 0.2) is 0 Å². The summed E-state index contributed by atoms with van der Waals surface area (Å²) in [6, 6.07) is 5.24. The maximum atomic E-state index is 12.0. The number of nitrogens with one attached hydrogen (secondary N) is 1. The molecule has 0 bridgehead atoms. The molecule has 1 atom stereocenters. The standard InChI is InChI=1S/C19H27N7O5/c1-4-7-24-11-15(26(29)30)17(25(18(24)20)19(27)28)31-14-9-12(16-21-5-6-22-16)8-13(10-14)23(2)3/h8-10,18H,4-7,11,20H2,1-3H3,(H,21,22)(H,27,28). The average Bonchev–Trinajstić information content (AvgIpc) is 3.24. The fourth-order valence-electron chi connectivity index (χ4n) is 3.46. The van der Waals surface area contributed by atoms with Gasteiger partial charge in [0.05, 0.1) is 18.0 Å². The smallest absolute Gasteiger partial charge is 0.416 e. The fourth-order valence-corrected chi connectivity index (χ4v) is 3.46. The first-order valence-electron chi connectivity index (χ1n) is 9.91. The maximum absolute atomic E-state index is 12.0. The number of aliphatic imine (C=N–C) groups is 1. The molecule has 2 aliphatic heterocycles. The fraction of sp³-hybridized carbons (Fsp3) is 0.474. The van der Waals surface area contributed by atoms with Gasteiger partial charge >= 0.3 is 11.8 Å². The third-order valence-corrected chi connectivity index (χ3v) is 4.96. The summed E-state index contributed by atoms with van der Waals surface area (Å²) in [7, 11) is 3.69. The van der Waals surface area contributed by atoms with E-state index in [1.165, 1.54) is 4.90 Å². The van der Waals surface area contributed by atoms with E-state index in [2.05, 4.69) is 10.3 Å². The molecule has 2 heterocycles. The molecule has 31 heavy (non-hydrogen) atoms. The number of nitrogens with zero attached hydrogens (tertiary/aromatic N) is 5. The van der Waals surface area contributed by atoms with Crippen LogP contribution in [0.25, 0.3) is 0 Å². The number of rotatable bonds is 7. The van der Waals surface area contributed by atoms with E-state index in [0.717, 1.165) is 11.3 Å². The first-order valence-corrected chi connectivity index (χ1v) is 9.91. The van der Waals surface area contributed by atoms with Crippen LogP contribution < -0.4 is 20.7 Å². The summed E-state index contributed by atoms with van der Waals surface area (Å²) in [5.41, 5.74) is 7.25. The summed E-state index contributed by atoms with van der Waals surface area (Å²) in [4.78, 5) is 31.6. The summed E-state index contributed by atoms with van der Waals surface area (Å²) >= 11 is 0. The Kier molecular flexibility index (Phi) is 6.61. The Bertz CT molecular complexity index is 930. The number of nitrogens with two attached hydrogens (primary N) is 1. The van der Waals surface area contributed by atoms with Gasteiger partial charge in [0.1, 0.15) is 17.9 Å². The number of hydrogen-bond donors (Lipinski definition) is 3. The van der Waals surface area contributed by atoms with Gasteiger partial charge in [-0.3, -0.25) is 25.7 Å². The number of amidine groups is 1. The first-order chi connectivity index (χ1) is 14.7. The van der Waals surface area contributed by atoms with Crippen LogP contribution in [0.2, 0.25) is 0 Å². The Balaban J connectivity index is 2.07. The molecule has 0 fully saturated rings. The van der Waals surface area contributed by atoms with Crippen LogP contribution in [0, 0.1) is 10.1 Å². The van der Waals surface area contributed by atoms with Crippen molar-refractivity contribution in [1.82, 2.24) is 15.1 Å². The molecule has 0 spiro atoms. The Morgan fingerprint density at radius 3 is 2.74 bits per heavy atom. The lowest BCUT2D eigenvalue weighted by atomic mass is 10.1. The minimum atomic E-state index is -1.44. The van der Waals surface area contributed by atoms with Gasteiger partial charge in [-0.15, -0.1) is 0 Å². The summed E-state index contributed by atoms with van der Waals surface area (Å²) in [6.45, 7) is 3.51. The van der Waals surface area contributed by atoms with E-state index in [-0.39, 0.29) is 18.0 Å². The molecule has 12 heteroatoms. The van der Waals surface area contributed by atoms with Crippen LogP contribution in [-0.4, -0.2) is 78.3 Å². The van der Waals surface area contributed by atoms with Crippen molar-refractivity contribution in [1.29, 1.82) is 0 Å². The van der Waals surface area contributed by atoms with Crippen molar-refractivity contribution in [2.75, 3.05) is 45.2 Å². The van der Waals surface area contributed by atoms with E-state index in [1.807, 2.05) is 32.0 Å². The third kappa shape index (κ3) is 4.70. The molecule has 0 aromatic heterocycles. The monoisotopic (exact) mass is 433 g/mol. The molecule has 2 aliphatic rings. The highest BCUT2D eigenvalue weighted by Crippen LogP contribution is 2.30. The SMILES string of the molecule is CCCN1CC([N+](=O)[O-])=C(Oc2cc(C3=NCCN3)cc(N(C)C)c2)N(C(=O)O)C1N.